The Morgan fingerprint density at radius 2 is 1.83 bits per heavy atom. The zero-order chi connectivity index (χ0) is 21.2. The number of H-pyrrole nitrogens is 1. The number of halogens is 4. The van der Waals surface area contributed by atoms with Gasteiger partial charge < -0.3 is 9.73 Å². The van der Waals surface area contributed by atoms with Gasteiger partial charge in [0.05, 0.1) is 6.26 Å². The molecule has 0 aliphatic carbocycles. The highest BCUT2D eigenvalue weighted by Gasteiger charge is 2.39. The summed E-state index contributed by atoms with van der Waals surface area (Å²) in [7, 11) is 0. The molecule has 0 radical (unpaired) electrons. The molecule has 152 valence electrons. The molecule has 0 unspecified atom stereocenters. The number of aromatic nitrogens is 2. The summed E-state index contributed by atoms with van der Waals surface area (Å²) in [6, 6.07) is 7.69. The molecule has 0 aliphatic rings. The molecule has 7 nitrogen and oxygen atoms in total. The summed E-state index contributed by atoms with van der Waals surface area (Å²) in [5.41, 5.74) is -5.58. The van der Waals surface area contributed by atoms with Crippen molar-refractivity contribution in [1.82, 2.24) is 15.1 Å². The third-order valence-corrected chi connectivity index (χ3v) is 3.93. The van der Waals surface area contributed by atoms with Gasteiger partial charge in [-0.25, -0.2) is 9.07 Å². The van der Waals surface area contributed by atoms with E-state index in [1.807, 2.05) is 0 Å². The average Bonchev–Trinajstić information content (AvgIpc) is 3.17. The Labute approximate surface area is 159 Å². The van der Waals surface area contributed by atoms with E-state index in [4.69, 9.17) is 4.42 Å². The molecule has 0 fully saturated rings. The van der Waals surface area contributed by atoms with Crippen LogP contribution in [-0.2, 0) is 19.3 Å². The van der Waals surface area contributed by atoms with Gasteiger partial charge in [-0.2, -0.15) is 13.2 Å². The van der Waals surface area contributed by atoms with Gasteiger partial charge in [0.15, 0.2) is 5.69 Å². The lowest BCUT2D eigenvalue weighted by Crippen LogP contribution is -2.45. The first-order chi connectivity index (χ1) is 13.7. The van der Waals surface area contributed by atoms with E-state index in [9.17, 15) is 31.9 Å². The Hall–Kier alpha value is -3.63. The fourth-order valence-corrected chi connectivity index (χ4v) is 2.55. The van der Waals surface area contributed by atoms with Crippen LogP contribution in [-0.4, -0.2) is 15.7 Å². The molecule has 29 heavy (non-hydrogen) atoms. The zero-order valence-electron chi connectivity index (χ0n) is 14.5. The maximum atomic E-state index is 13.5. The topological polar surface area (TPSA) is 97.1 Å². The lowest BCUT2D eigenvalue weighted by molar-refractivity contribution is -0.142. The molecule has 0 saturated carbocycles. The van der Waals surface area contributed by atoms with Crippen LogP contribution in [0.5, 0.6) is 0 Å². The van der Waals surface area contributed by atoms with Gasteiger partial charge in [-0.05, 0) is 29.8 Å². The van der Waals surface area contributed by atoms with Gasteiger partial charge in [0.2, 0.25) is 0 Å². The standard InChI is InChI=1S/C18H13F4N3O4/c19-11-5-3-10(4-6-11)8-23-16(27)13-14(26)17(28)25(9-12-2-1-7-29-12)24-15(13)18(20,21)22/h1-7,24H,8-9H2,(H,23,27). The number of nitrogens with zero attached hydrogens (tertiary/aromatic N) is 1. The van der Waals surface area contributed by atoms with Crippen molar-refractivity contribution in [1.29, 1.82) is 0 Å². The van der Waals surface area contributed by atoms with E-state index < -0.39 is 46.7 Å². The largest absolute Gasteiger partial charge is 0.467 e. The molecule has 0 saturated heterocycles. The molecule has 3 aromatic rings. The van der Waals surface area contributed by atoms with E-state index in [2.05, 4.69) is 5.32 Å². The van der Waals surface area contributed by atoms with Crippen LogP contribution in [0.4, 0.5) is 17.6 Å². The second-order valence-electron chi connectivity index (χ2n) is 5.97. The Balaban J connectivity index is 1.97. The SMILES string of the molecule is O=C(NCc1ccc(F)cc1)c1c(C(F)(F)F)[nH]n(Cc2ccco2)c(=O)c1=O. The summed E-state index contributed by atoms with van der Waals surface area (Å²) in [6.45, 7) is -0.729. The van der Waals surface area contributed by atoms with Crippen molar-refractivity contribution in [3.8, 4) is 0 Å². The normalized spacial score (nSPS) is 11.4. The second kappa shape index (κ2) is 7.78. The third kappa shape index (κ3) is 4.45. The molecule has 2 heterocycles. The Kier molecular flexibility index (Phi) is 5.39. The molecule has 0 atom stereocenters. The number of amides is 1. The molecule has 2 N–H and O–H groups in total. The molecule has 1 aromatic carbocycles. The minimum Gasteiger partial charge on any atom is -0.467 e. The average molecular weight is 411 g/mol. The van der Waals surface area contributed by atoms with Gasteiger partial charge in [-0.15, -0.1) is 0 Å². The van der Waals surface area contributed by atoms with Crippen LogP contribution >= 0.6 is 0 Å². The Morgan fingerprint density at radius 1 is 1.14 bits per heavy atom. The number of aromatic amines is 1. The van der Waals surface area contributed by atoms with Crippen LogP contribution in [0.25, 0.3) is 0 Å². The van der Waals surface area contributed by atoms with Crippen molar-refractivity contribution in [3.05, 3.63) is 91.6 Å². The fraction of sp³-hybridized carbons (Fsp3) is 0.167. The smallest absolute Gasteiger partial charge is 0.433 e. The van der Waals surface area contributed by atoms with E-state index in [1.165, 1.54) is 30.5 Å². The van der Waals surface area contributed by atoms with E-state index >= 15 is 0 Å². The number of alkyl halides is 3. The lowest BCUT2D eigenvalue weighted by Gasteiger charge is -2.15. The predicted octanol–water partition coefficient (Wildman–Crippen LogP) is 2.27. The number of hydrogen-bond donors (Lipinski definition) is 2. The number of nitrogens with one attached hydrogen (secondary N) is 2. The summed E-state index contributed by atoms with van der Waals surface area (Å²) in [6.07, 6.45) is -3.86. The van der Waals surface area contributed by atoms with Gasteiger partial charge in [-0.1, -0.05) is 12.1 Å². The summed E-state index contributed by atoms with van der Waals surface area (Å²) in [5.74, 6) is -1.79. The number of furan rings is 1. The van der Waals surface area contributed by atoms with Gasteiger partial charge in [0.25, 0.3) is 11.3 Å². The maximum Gasteiger partial charge on any atom is 0.433 e. The Morgan fingerprint density at radius 3 is 2.41 bits per heavy atom. The zero-order valence-corrected chi connectivity index (χ0v) is 14.5. The van der Waals surface area contributed by atoms with Crippen molar-refractivity contribution < 1.29 is 26.8 Å². The monoisotopic (exact) mass is 411 g/mol. The van der Waals surface area contributed by atoms with E-state index in [0.717, 1.165) is 12.1 Å². The molecule has 3 rings (SSSR count). The first-order valence-corrected chi connectivity index (χ1v) is 8.16. The van der Waals surface area contributed by atoms with Crippen LogP contribution in [0, 0.1) is 5.82 Å². The van der Waals surface area contributed by atoms with E-state index in [0.29, 0.717) is 10.2 Å². The first kappa shape index (κ1) is 20.1. The third-order valence-electron chi connectivity index (χ3n) is 3.93. The van der Waals surface area contributed by atoms with Gasteiger partial charge in [0, 0.05) is 6.54 Å². The van der Waals surface area contributed by atoms with E-state index in [1.54, 1.807) is 5.10 Å². The molecule has 11 heteroatoms. The van der Waals surface area contributed by atoms with Crippen molar-refractivity contribution in [2.75, 3.05) is 0 Å². The lowest BCUT2D eigenvalue weighted by atomic mass is 10.1. The number of rotatable bonds is 5. The van der Waals surface area contributed by atoms with E-state index in [-0.39, 0.29) is 12.3 Å². The highest BCUT2D eigenvalue weighted by Crippen LogP contribution is 2.28. The van der Waals surface area contributed by atoms with Crippen molar-refractivity contribution in [2.45, 2.75) is 19.3 Å². The second-order valence-corrected chi connectivity index (χ2v) is 5.97. The van der Waals surface area contributed by atoms with Crippen LogP contribution in [0.15, 0.2) is 56.7 Å². The molecule has 1 amide bonds. The van der Waals surface area contributed by atoms with Gasteiger partial charge >= 0.3 is 11.7 Å². The number of hydrogen-bond acceptors (Lipinski definition) is 4. The highest BCUT2D eigenvalue weighted by molar-refractivity contribution is 5.95. The van der Waals surface area contributed by atoms with Crippen LogP contribution in [0.2, 0.25) is 0 Å². The predicted molar refractivity (Wildman–Crippen MR) is 91.7 cm³/mol. The van der Waals surface area contributed by atoms with Crippen molar-refractivity contribution in [2.24, 2.45) is 0 Å². The van der Waals surface area contributed by atoms with Crippen LogP contribution < -0.4 is 16.3 Å². The summed E-state index contributed by atoms with van der Waals surface area (Å²) < 4.78 is 58.7. The van der Waals surface area contributed by atoms with Crippen LogP contribution in [0.1, 0.15) is 27.4 Å². The molecule has 2 aromatic heterocycles. The van der Waals surface area contributed by atoms with Gasteiger partial charge in [-0.3, -0.25) is 19.5 Å². The Bertz CT molecular complexity index is 1130. The van der Waals surface area contributed by atoms with Crippen molar-refractivity contribution in [3.63, 3.8) is 0 Å². The highest BCUT2D eigenvalue weighted by atomic mass is 19.4. The molecule has 0 bridgehead atoms. The summed E-state index contributed by atoms with van der Waals surface area (Å²) in [5, 5.41) is 3.93. The summed E-state index contributed by atoms with van der Waals surface area (Å²) >= 11 is 0. The minimum absolute atomic E-state index is 0.129. The van der Waals surface area contributed by atoms with Gasteiger partial charge in [0.1, 0.15) is 23.7 Å². The number of carbonyl (C=O) groups is 1. The number of benzene rings is 1. The van der Waals surface area contributed by atoms with Crippen molar-refractivity contribution >= 4 is 5.91 Å². The minimum atomic E-state index is -5.11. The summed E-state index contributed by atoms with van der Waals surface area (Å²) in [4.78, 5) is 36.8. The molecule has 0 spiro atoms. The van der Waals surface area contributed by atoms with Crippen LogP contribution in [0.3, 0.4) is 0 Å². The maximum absolute atomic E-state index is 13.5. The molecule has 0 aliphatic heterocycles. The number of carbonyl (C=O) groups excluding carboxylic acids is 1. The fourth-order valence-electron chi connectivity index (χ4n) is 2.55. The first-order valence-electron chi connectivity index (χ1n) is 8.16. The molecular formula is C18H13F4N3O4. The molecular weight excluding hydrogens is 398 g/mol. The quantitative estimate of drug-likeness (QED) is 0.497.